The van der Waals surface area contributed by atoms with Gasteiger partial charge < -0.3 is 4.90 Å². The quantitative estimate of drug-likeness (QED) is 0.788. The zero-order valence-corrected chi connectivity index (χ0v) is 15.3. The second-order valence-electron chi connectivity index (χ2n) is 8.16. The van der Waals surface area contributed by atoms with Crippen LogP contribution in [0.5, 0.6) is 0 Å². The summed E-state index contributed by atoms with van der Waals surface area (Å²) < 4.78 is 0. The normalized spacial score (nSPS) is 18.1. The minimum absolute atomic E-state index is 0.263. The molecule has 0 spiro atoms. The number of hydrogen-bond acceptors (Lipinski definition) is 2. The molecular weight excluding hydrogens is 308 g/mol. The second-order valence-corrected chi connectivity index (χ2v) is 8.16. The maximum Gasteiger partial charge on any atom is 0.228 e. The number of benzene rings is 2. The summed E-state index contributed by atoms with van der Waals surface area (Å²) in [6.07, 6.45) is 0. The molecule has 1 saturated heterocycles. The highest BCUT2D eigenvalue weighted by molar-refractivity contribution is 5.82. The highest BCUT2D eigenvalue weighted by Gasteiger charge is 2.36. The van der Waals surface area contributed by atoms with E-state index in [0.717, 1.165) is 26.2 Å². The summed E-state index contributed by atoms with van der Waals surface area (Å²) in [6, 6.07) is 17.8. The van der Waals surface area contributed by atoms with Crippen molar-refractivity contribution in [1.82, 2.24) is 9.80 Å². The number of piperazine rings is 1. The zero-order valence-electron chi connectivity index (χ0n) is 15.3. The van der Waals surface area contributed by atoms with E-state index < -0.39 is 0 Å². The Balaban J connectivity index is 1.59. The lowest BCUT2D eigenvalue weighted by atomic mass is 9.94. The zero-order chi connectivity index (χ0) is 17.6. The molecule has 1 amide bonds. The van der Waals surface area contributed by atoms with Crippen LogP contribution in [0, 0.1) is 5.41 Å². The number of amides is 1. The maximum absolute atomic E-state index is 12.6. The number of fused-ring (bicyclic) bond motifs is 3. The van der Waals surface area contributed by atoms with Crippen LogP contribution in [-0.2, 0) is 4.79 Å². The molecule has 0 bridgehead atoms. The summed E-state index contributed by atoms with van der Waals surface area (Å²) in [5.41, 5.74) is 5.22. The van der Waals surface area contributed by atoms with Crippen molar-refractivity contribution in [3.8, 4) is 11.1 Å². The molecule has 2 aliphatic rings. The average Bonchev–Trinajstić information content (AvgIpc) is 2.95. The van der Waals surface area contributed by atoms with Crippen LogP contribution in [0.3, 0.4) is 0 Å². The van der Waals surface area contributed by atoms with Crippen molar-refractivity contribution in [3.63, 3.8) is 0 Å². The van der Waals surface area contributed by atoms with Gasteiger partial charge in [-0.05, 0) is 22.3 Å². The molecule has 25 heavy (non-hydrogen) atoms. The van der Waals surface area contributed by atoms with E-state index in [4.69, 9.17) is 0 Å². The van der Waals surface area contributed by atoms with Gasteiger partial charge in [-0.1, -0.05) is 69.3 Å². The molecule has 3 heteroatoms. The summed E-state index contributed by atoms with van der Waals surface area (Å²) in [4.78, 5) is 17.1. The van der Waals surface area contributed by atoms with Crippen molar-refractivity contribution < 1.29 is 4.79 Å². The van der Waals surface area contributed by atoms with E-state index in [1.54, 1.807) is 0 Å². The molecule has 130 valence electrons. The molecule has 0 atom stereocenters. The van der Waals surface area contributed by atoms with Gasteiger partial charge in [-0.15, -0.1) is 0 Å². The van der Waals surface area contributed by atoms with Crippen molar-refractivity contribution in [3.05, 3.63) is 59.7 Å². The molecule has 1 fully saturated rings. The number of hydrogen-bond donors (Lipinski definition) is 0. The molecule has 2 aromatic carbocycles. The number of rotatable bonds is 1. The van der Waals surface area contributed by atoms with Crippen LogP contribution in [0.2, 0.25) is 0 Å². The summed E-state index contributed by atoms with van der Waals surface area (Å²) in [5.74, 6) is 0.263. The molecule has 4 rings (SSSR count). The third kappa shape index (κ3) is 2.77. The van der Waals surface area contributed by atoms with Crippen LogP contribution in [0.15, 0.2) is 48.5 Å². The minimum Gasteiger partial charge on any atom is -0.340 e. The van der Waals surface area contributed by atoms with E-state index in [2.05, 4.69) is 53.4 Å². The molecule has 1 aliphatic carbocycles. The van der Waals surface area contributed by atoms with Crippen LogP contribution in [0.4, 0.5) is 0 Å². The van der Waals surface area contributed by atoms with Gasteiger partial charge in [0, 0.05) is 31.6 Å². The molecule has 1 aliphatic heterocycles. The summed E-state index contributed by atoms with van der Waals surface area (Å²) >= 11 is 0. The van der Waals surface area contributed by atoms with Gasteiger partial charge >= 0.3 is 0 Å². The van der Waals surface area contributed by atoms with Gasteiger partial charge in [0.2, 0.25) is 5.91 Å². The molecule has 0 radical (unpaired) electrons. The molecule has 3 nitrogen and oxygen atoms in total. The Morgan fingerprint density at radius 3 is 1.80 bits per heavy atom. The second kappa shape index (κ2) is 5.99. The Morgan fingerprint density at radius 2 is 1.32 bits per heavy atom. The van der Waals surface area contributed by atoms with E-state index in [-0.39, 0.29) is 11.3 Å². The number of nitrogens with zero attached hydrogens (tertiary/aromatic N) is 2. The lowest BCUT2D eigenvalue weighted by molar-refractivity contribution is -0.141. The summed E-state index contributed by atoms with van der Waals surface area (Å²) in [5, 5.41) is 0. The van der Waals surface area contributed by atoms with Crippen LogP contribution >= 0.6 is 0 Å². The van der Waals surface area contributed by atoms with E-state index in [1.807, 2.05) is 25.7 Å². The molecule has 1 heterocycles. The molecule has 0 aromatic heterocycles. The number of carbonyl (C=O) groups excluding carboxylic acids is 1. The highest BCUT2D eigenvalue weighted by Crippen LogP contribution is 2.46. The Bertz CT molecular complexity index is 752. The molecule has 0 unspecified atom stereocenters. The van der Waals surface area contributed by atoms with Gasteiger partial charge in [0.15, 0.2) is 0 Å². The van der Waals surface area contributed by atoms with Crippen molar-refractivity contribution in [2.75, 3.05) is 26.2 Å². The van der Waals surface area contributed by atoms with Crippen molar-refractivity contribution in [2.45, 2.75) is 26.8 Å². The lowest BCUT2D eigenvalue weighted by Crippen LogP contribution is -2.52. The molecular formula is C22H26N2O. The van der Waals surface area contributed by atoms with Gasteiger partial charge in [0.25, 0.3) is 0 Å². The minimum atomic E-state index is -0.297. The molecule has 0 saturated carbocycles. The summed E-state index contributed by atoms with van der Waals surface area (Å²) in [7, 11) is 0. The van der Waals surface area contributed by atoms with Crippen LogP contribution < -0.4 is 0 Å². The van der Waals surface area contributed by atoms with E-state index in [9.17, 15) is 4.79 Å². The maximum atomic E-state index is 12.6. The topological polar surface area (TPSA) is 23.6 Å². The van der Waals surface area contributed by atoms with E-state index >= 15 is 0 Å². The predicted molar refractivity (Wildman–Crippen MR) is 101 cm³/mol. The van der Waals surface area contributed by atoms with Crippen molar-refractivity contribution in [2.24, 2.45) is 5.41 Å². The third-order valence-electron chi connectivity index (χ3n) is 5.41. The van der Waals surface area contributed by atoms with Gasteiger partial charge in [-0.25, -0.2) is 0 Å². The lowest BCUT2D eigenvalue weighted by Gasteiger charge is -2.40. The fourth-order valence-electron chi connectivity index (χ4n) is 4.18. The Kier molecular flexibility index (Phi) is 3.92. The largest absolute Gasteiger partial charge is 0.340 e. The van der Waals surface area contributed by atoms with Crippen LogP contribution in [-0.4, -0.2) is 41.9 Å². The first kappa shape index (κ1) is 16.3. The van der Waals surface area contributed by atoms with Crippen LogP contribution in [0.25, 0.3) is 11.1 Å². The average molecular weight is 334 g/mol. The van der Waals surface area contributed by atoms with Crippen molar-refractivity contribution in [1.29, 1.82) is 0 Å². The van der Waals surface area contributed by atoms with E-state index in [1.165, 1.54) is 22.3 Å². The van der Waals surface area contributed by atoms with Gasteiger partial charge in [0.05, 0.1) is 6.04 Å². The first-order chi connectivity index (χ1) is 12.0. The van der Waals surface area contributed by atoms with Crippen LogP contribution in [0.1, 0.15) is 37.9 Å². The van der Waals surface area contributed by atoms with Crippen molar-refractivity contribution >= 4 is 5.91 Å². The fraction of sp³-hybridized carbons (Fsp3) is 0.409. The molecule has 2 aromatic rings. The Morgan fingerprint density at radius 1 is 0.840 bits per heavy atom. The Labute approximate surface area is 150 Å². The first-order valence-electron chi connectivity index (χ1n) is 9.18. The standard InChI is InChI=1S/C22H26N2O/c1-22(2,3)21(25)24-14-12-23(13-15-24)20-18-10-6-4-8-16(18)17-9-5-7-11-19(17)20/h4-11,20H,12-15H2,1-3H3. The van der Waals surface area contributed by atoms with Gasteiger partial charge in [-0.3, -0.25) is 9.69 Å². The fourth-order valence-corrected chi connectivity index (χ4v) is 4.18. The monoisotopic (exact) mass is 334 g/mol. The predicted octanol–water partition coefficient (Wildman–Crippen LogP) is 3.95. The third-order valence-corrected chi connectivity index (χ3v) is 5.41. The summed E-state index contributed by atoms with van der Waals surface area (Å²) in [6.45, 7) is 9.50. The van der Waals surface area contributed by atoms with E-state index in [0.29, 0.717) is 6.04 Å². The smallest absolute Gasteiger partial charge is 0.228 e. The number of carbonyl (C=O) groups is 1. The SMILES string of the molecule is CC(C)(C)C(=O)N1CCN(C2c3ccccc3-c3ccccc32)CC1. The Hall–Kier alpha value is -2.13. The molecule has 0 N–H and O–H groups in total. The van der Waals surface area contributed by atoms with Gasteiger partial charge in [-0.2, -0.15) is 0 Å². The van der Waals surface area contributed by atoms with Gasteiger partial charge in [0.1, 0.15) is 0 Å². The highest BCUT2D eigenvalue weighted by atomic mass is 16.2. The first-order valence-corrected chi connectivity index (χ1v) is 9.18.